The molecule has 0 saturated carbocycles. The second kappa shape index (κ2) is 16.0. The average Bonchev–Trinajstić information content (AvgIpc) is 3.10. The molecule has 0 bridgehead atoms. The number of hydrogen-bond donors (Lipinski definition) is 10. The molecule has 12 N–H and O–H groups in total. The zero-order chi connectivity index (χ0) is 34.8. The lowest BCUT2D eigenvalue weighted by atomic mass is 10.0. The predicted molar refractivity (Wildman–Crippen MR) is 188 cm³/mol. The number of aliphatic hydroxyl groups excluding tert-OH is 2. The Morgan fingerprint density at radius 1 is 0.604 bits per heavy atom. The van der Waals surface area contributed by atoms with Crippen LogP contribution in [0.5, 0.6) is 11.5 Å². The van der Waals surface area contributed by atoms with E-state index in [-0.39, 0.29) is 36.4 Å². The molecule has 48 heavy (non-hydrogen) atoms. The highest BCUT2D eigenvalue weighted by Crippen LogP contribution is 2.26. The maximum Gasteiger partial charge on any atom is 0.142 e. The Bertz CT molecular complexity index is 1880. The van der Waals surface area contributed by atoms with Crippen molar-refractivity contribution in [1.82, 2.24) is 9.97 Å². The molecule has 0 radical (unpaired) electrons. The van der Waals surface area contributed by atoms with Gasteiger partial charge in [-0.3, -0.25) is 20.8 Å². The van der Waals surface area contributed by atoms with Gasteiger partial charge >= 0.3 is 0 Å². The Labute approximate surface area is 278 Å². The fourth-order valence-electron chi connectivity index (χ4n) is 4.81. The molecule has 2 heterocycles. The van der Waals surface area contributed by atoms with Gasteiger partial charge in [0.2, 0.25) is 0 Å². The van der Waals surface area contributed by atoms with Crippen molar-refractivity contribution in [3.05, 3.63) is 130 Å². The van der Waals surface area contributed by atoms with Gasteiger partial charge in [-0.1, -0.05) is 36.4 Å². The van der Waals surface area contributed by atoms with Gasteiger partial charge in [-0.25, -0.2) is 0 Å². The second-order valence-corrected chi connectivity index (χ2v) is 11.0. The van der Waals surface area contributed by atoms with Crippen LogP contribution in [0.2, 0.25) is 0 Å². The number of aliphatic hydroxyl groups is 2. The van der Waals surface area contributed by atoms with E-state index in [4.69, 9.17) is 22.3 Å². The van der Waals surface area contributed by atoms with Crippen LogP contribution in [-0.4, -0.2) is 42.1 Å². The van der Waals surface area contributed by atoms with Gasteiger partial charge in [0.25, 0.3) is 0 Å². The summed E-state index contributed by atoms with van der Waals surface area (Å²) in [5.74, 6) is 0.154. The molecular formula is C36H40N8O4. The van der Waals surface area contributed by atoms with E-state index in [2.05, 4.69) is 20.6 Å². The molecule has 0 saturated heterocycles. The molecule has 0 aliphatic heterocycles. The minimum absolute atomic E-state index is 0.0248. The maximum atomic E-state index is 10.0. The SMILES string of the molecule is Cc1ncc(CNc2ccc(-c3ccc(C(=N)N)cc3)cc2)c(CO)c1O.Cc1ncc(CNc2ccc(C(=N)N)cc2)c(CO)c1O. The summed E-state index contributed by atoms with van der Waals surface area (Å²) in [5.41, 5.74) is 19.6. The van der Waals surface area contributed by atoms with E-state index in [0.717, 1.165) is 33.6 Å². The van der Waals surface area contributed by atoms with Gasteiger partial charge in [0.15, 0.2) is 0 Å². The number of nitrogens with zero attached hydrogens (tertiary/aromatic N) is 2. The molecular weight excluding hydrogens is 608 g/mol. The van der Waals surface area contributed by atoms with Crippen molar-refractivity contribution >= 4 is 23.0 Å². The summed E-state index contributed by atoms with van der Waals surface area (Å²) in [7, 11) is 0. The third kappa shape index (κ3) is 8.63. The van der Waals surface area contributed by atoms with Crippen LogP contribution < -0.4 is 22.1 Å². The Kier molecular flexibility index (Phi) is 11.6. The van der Waals surface area contributed by atoms with Crippen LogP contribution in [0.25, 0.3) is 11.1 Å². The number of amidine groups is 2. The van der Waals surface area contributed by atoms with Crippen molar-refractivity contribution in [3.8, 4) is 22.6 Å². The number of nitrogens with one attached hydrogen (secondary N) is 4. The van der Waals surface area contributed by atoms with Gasteiger partial charge in [0, 0.05) is 59.1 Å². The monoisotopic (exact) mass is 648 g/mol. The fraction of sp³-hybridized carbons (Fsp3) is 0.167. The number of nitrogen functional groups attached to an aromatic ring is 2. The highest BCUT2D eigenvalue weighted by Gasteiger charge is 2.12. The molecule has 0 fully saturated rings. The number of aryl methyl sites for hydroxylation is 2. The number of aromatic nitrogens is 2. The number of hydrogen-bond acceptors (Lipinski definition) is 10. The zero-order valence-electron chi connectivity index (χ0n) is 26.7. The van der Waals surface area contributed by atoms with Gasteiger partial charge in [-0.2, -0.15) is 0 Å². The summed E-state index contributed by atoms with van der Waals surface area (Å²) in [5, 5.41) is 60.0. The van der Waals surface area contributed by atoms with Crippen molar-refractivity contribution < 1.29 is 20.4 Å². The van der Waals surface area contributed by atoms with Gasteiger partial charge in [0.1, 0.15) is 23.2 Å². The standard InChI is InChI=1S/C21H22N4O2.C15H18N4O2/c1-13-20(27)19(12-26)17(10-24-13)11-25-18-8-6-15(7-9-18)14-2-4-16(5-3-14)21(22)23;1-9-14(21)13(8-20)11(6-18-9)7-19-12-4-2-10(3-5-12)15(16)17/h2-10,25-27H,11-12H2,1H3,(H3,22,23);2-6,19-21H,7-8H2,1H3,(H3,16,17). The summed E-state index contributed by atoms with van der Waals surface area (Å²) >= 11 is 0. The number of nitrogens with two attached hydrogens (primary N) is 2. The molecule has 12 heteroatoms. The van der Waals surface area contributed by atoms with Crippen LogP contribution >= 0.6 is 0 Å². The number of anilines is 2. The van der Waals surface area contributed by atoms with Crippen LogP contribution in [0.15, 0.2) is 85.2 Å². The van der Waals surface area contributed by atoms with Gasteiger partial charge < -0.3 is 42.5 Å². The fourth-order valence-corrected chi connectivity index (χ4v) is 4.81. The molecule has 0 spiro atoms. The van der Waals surface area contributed by atoms with Crippen molar-refractivity contribution in [2.45, 2.75) is 40.2 Å². The summed E-state index contributed by atoms with van der Waals surface area (Å²) in [6.45, 7) is 3.79. The molecule has 0 atom stereocenters. The average molecular weight is 649 g/mol. The number of aromatic hydroxyl groups is 2. The van der Waals surface area contributed by atoms with Crippen LogP contribution in [0.1, 0.15) is 44.8 Å². The molecule has 0 amide bonds. The first-order chi connectivity index (χ1) is 23.0. The van der Waals surface area contributed by atoms with Crippen LogP contribution in [0, 0.1) is 24.7 Å². The van der Waals surface area contributed by atoms with Crippen LogP contribution in [0.4, 0.5) is 11.4 Å². The number of benzene rings is 3. The van der Waals surface area contributed by atoms with E-state index in [0.29, 0.717) is 46.7 Å². The minimum atomic E-state index is -0.241. The van der Waals surface area contributed by atoms with E-state index in [1.54, 1.807) is 38.4 Å². The van der Waals surface area contributed by atoms with Crippen molar-refractivity contribution in [1.29, 1.82) is 10.8 Å². The zero-order valence-corrected chi connectivity index (χ0v) is 26.7. The van der Waals surface area contributed by atoms with Crippen LogP contribution in [0.3, 0.4) is 0 Å². The van der Waals surface area contributed by atoms with Gasteiger partial charge in [-0.05, 0) is 72.5 Å². The summed E-state index contributed by atoms with van der Waals surface area (Å²) in [6.07, 6.45) is 3.30. The lowest BCUT2D eigenvalue weighted by molar-refractivity contribution is 0.273. The molecule has 0 unspecified atom stereocenters. The Balaban J connectivity index is 0.000000224. The third-order valence-corrected chi connectivity index (χ3v) is 7.75. The highest BCUT2D eigenvalue weighted by molar-refractivity contribution is 5.95. The Morgan fingerprint density at radius 2 is 0.938 bits per heavy atom. The van der Waals surface area contributed by atoms with Crippen molar-refractivity contribution in [3.63, 3.8) is 0 Å². The van der Waals surface area contributed by atoms with Gasteiger partial charge in [-0.15, -0.1) is 0 Å². The third-order valence-electron chi connectivity index (χ3n) is 7.75. The Morgan fingerprint density at radius 3 is 1.29 bits per heavy atom. The molecule has 248 valence electrons. The number of pyridine rings is 2. The lowest BCUT2D eigenvalue weighted by Crippen LogP contribution is -2.11. The van der Waals surface area contributed by atoms with Crippen LogP contribution in [-0.2, 0) is 26.3 Å². The number of rotatable bonds is 11. The van der Waals surface area contributed by atoms with Crippen molar-refractivity contribution in [2.75, 3.05) is 10.6 Å². The van der Waals surface area contributed by atoms with E-state index in [9.17, 15) is 20.4 Å². The van der Waals surface area contributed by atoms with Crippen molar-refractivity contribution in [2.24, 2.45) is 11.5 Å². The largest absolute Gasteiger partial charge is 0.506 e. The summed E-state index contributed by atoms with van der Waals surface area (Å²) in [6, 6.07) is 22.6. The lowest BCUT2D eigenvalue weighted by Gasteiger charge is -2.13. The molecule has 2 aromatic heterocycles. The molecule has 5 aromatic rings. The first-order valence-corrected chi connectivity index (χ1v) is 15.0. The highest BCUT2D eigenvalue weighted by atomic mass is 16.3. The summed E-state index contributed by atoms with van der Waals surface area (Å²) in [4.78, 5) is 8.24. The second-order valence-electron chi connectivity index (χ2n) is 11.0. The molecule has 12 nitrogen and oxygen atoms in total. The van der Waals surface area contributed by atoms with E-state index in [1.165, 1.54) is 0 Å². The predicted octanol–water partition coefficient (Wildman–Crippen LogP) is 4.64. The first kappa shape index (κ1) is 34.9. The molecule has 0 aliphatic rings. The van der Waals surface area contributed by atoms with E-state index < -0.39 is 0 Å². The van der Waals surface area contributed by atoms with E-state index in [1.807, 2.05) is 60.7 Å². The minimum Gasteiger partial charge on any atom is -0.506 e. The normalized spacial score (nSPS) is 10.5. The molecule has 3 aromatic carbocycles. The molecule has 0 aliphatic carbocycles. The molecule has 5 rings (SSSR count). The van der Waals surface area contributed by atoms with E-state index >= 15 is 0 Å². The smallest absolute Gasteiger partial charge is 0.142 e. The quantitative estimate of drug-likeness (QED) is 0.0704. The first-order valence-electron chi connectivity index (χ1n) is 15.0. The maximum absolute atomic E-state index is 10.0. The van der Waals surface area contributed by atoms with Gasteiger partial charge in [0.05, 0.1) is 24.6 Å². The summed E-state index contributed by atoms with van der Waals surface area (Å²) < 4.78 is 0. The Hall–Kier alpha value is -5.98. The topological polar surface area (TPSA) is 230 Å².